The van der Waals surface area contributed by atoms with E-state index in [9.17, 15) is 9.90 Å². The quantitative estimate of drug-likeness (QED) is 0.352. The van der Waals surface area contributed by atoms with Crippen LogP contribution in [0.3, 0.4) is 0 Å². The Morgan fingerprint density at radius 2 is 2.19 bits per heavy atom. The fourth-order valence-corrected chi connectivity index (χ4v) is 2.33. The first kappa shape index (κ1) is 13.4. The smallest absolute Gasteiger partial charge is 0.233 e. The van der Waals surface area contributed by atoms with E-state index in [2.05, 4.69) is 10.3 Å². The van der Waals surface area contributed by atoms with Crippen molar-refractivity contribution in [2.24, 2.45) is 5.84 Å². The Balaban J connectivity index is 2.22. The van der Waals surface area contributed by atoms with E-state index in [0.717, 1.165) is 32.2 Å². The van der Waals surface area contributed by atoms with Crippen LogP contribution < -0.4 is 11.3 Å². The van der Waals surface area contributed by atoms with Crippen molar-refractivity contribution < 1.29 is 9.90 Å². The molecule has 1 aliphatic carbocycles. The van der Waals surface area contributed by atoms with Crippen LogP contribution in [0.15, 0.2) is 0 Å². The summed E-state index contributed by atoms with van der Waals surface area (Å²) in [5.74, 6) is 4.87. The van der Waals surface area contributed by atoms with Gasteiger partial charge in [0.2, 0.25) is 5.91 Å². The monoisotopic (exact) mass is 229 g/mol. The van der Waals surface area contributed by atoms with E-state index in [-0.39, 0.29) is 18.1 Å². The lowest BCUT2D eigenvalue weighted by molar-refractivity contribution is -0.121. The lowest BCUT2D eigenvalue weighted by atomic mass is 9.91. The third-order valence-corrected chi connectivity index (χ3v) is 3.34. The summed E-state index contributed by atoms with van der Waals surface area (Å²) in [7, 11) is 2.01. The third kappa shape index (κ3) is 4.08. The molecule has 0 aromatic heterocycles. The summed E-state index contributed by atoms with van der Waals surface area (Å²) in [5, 5.41) is 9.85. The zero-order chi connectivity index (χ0) is 12.0. The van der Waals surface area contributed by atoms with E-state index < -0.39 is 0 Å². The second-order valence-electron chi connectivity index (χ2n) is 4.57. The highest BCUT2D eigenvalue weighted by Gasteiger charge is 2.26. The molecule has 1 saturated carbocycles. The minimum Gasteiger partial charge on any atom is -0.391 e. The third-order valence-electron chi connectivity index (χ3n) is 3.34. The van der Waals surface area contributed by atoms with Crippen LogP contribution in [-0.2, 0) is 4.79 Å². The second-order valence-corrected chi connectivity index (χ2v) is 4.57. The minimum absolute atomic E-state index is 0.127. The van der Waals surface area contributed by atoms with Crippen LogP contribution in [0, 0.1) is 0 Å². The van der Waals surface area contributed by atoms with Crippen molar-refractivity contribution in [2.75, 3.05) is 13.6 Å². The highest BCUT2D eigenvalue weighted by Crippen LogP contribution is 2.22. The molecule has 1 rings (SSSR count). The molecule has 0 radical (unpaired) electrons. The molecule has 0 aliphatic heterocycles. The zero-order valence-electron chi connectivity index (χ0n) is 9.98. The van der Waals surface area contributed by atoms with Crippen molar-refractivity contribution in [1.82, 2.24) is 10.3 Å². The summed E-state index contributed by atoms with van der Waals surface area (Å²) in [6, 6.07) is 0.259. The first-order valence-electron chi connectivity index (χ1n) is 6.03. The molecule has 94 valence electrons. The number of likely N-dealkylation sites (N-methyl/N-ethyl adjacent to an activating group) is 1. The van der Waals surface area contributed by atoms with Crippen LogP contribution in [0.25, 0.3) is 0 Å². The summed E-state index contributed by atoms with van der Waals surface area (Å²) in [6.45, 7) is 0.829. The molecule has 1 amide bonds. The molecule has 1 aliphatic rings. The van der Waals surface area contributed by atoms with Crippen molar-refractivity contribution in [2.45, 2.75) is 50.7 Å². The number of aliphatic hydroxyl groups is 1. The van der Waals surface area contributed by atoms with Gasteiger partial charge in [0.15, 0.2) is 0 Å². The van der Waals surface area contributed by atoms with Crippen molar-refractivity contribution >= 4 is 5.91 Å². The molecule has 1 fully saturated rings. The SMILES string of the molecule is CN(CCCC(=O)NN)C1CCCCC1O. The molecule has 0 saturated heterocycles. The number of nitrogens with one attached hydrogen (secondary N) is 1. The average Bonchev–Trinajstić information content (AvgIpc) is 2.29. The molecule has 2 atom stereocenters. The molecule has 16 heavy (non-hydrogen) atoms. The maximum atomic E-state index is 10.9. The molecule has 2 unspecified atom stereocenters. The Morgan fingerprint density at radius 1 is 1.50 bits per heavy atom. The van der Waals surface area contributed by atoms with E-state index in [1.54, 1.807) is 0 Å². The molecule has 0 bridgehead atoms. The molecule has 0 aromatic rings. The maximum absolute atomic E-state index is 10.9. The van der Waals surface area contributed by atoms with E-state index in [1.165, 1.54) is 6.42 Å². The first-order valence-corrected chi connectivity index (χ1v) is 6.03. The Labute approximate surface area is 97.0 Å². The lowest BCUT2D eigenvalue weighted by Gasteiger charge is -2.35. The number of amides is 1. The number of hydrazine groups is 1. The molecule has 5 heteroatoms. The van der Waals surface area contributed by atoms with Crippen molar-refractivity contribution in [3.8, 4) is 0 Å². The highest BCUT2D eigenvalue weighted by molar-refractivity contribution is 5.75. The number of rotatable bonds is 5. The molecule has 4 N–H and O–H groups in total. The van der Waals surface area contributed by atoms with Gasteiger partial charge in [0.1, 0.15) is 0 Å². The summed E-state index contributed by atoms with van der Waals surface area (Å²) in [4.78, 5) is 13.1. The Kier molecular flexibility index (Phi) is 5.73. The second kappa shape index (κ2) is 6.83. The summed E-state index contributed by atoms with van der Waals surface area (Å²) in [6.07, 6.45) is 5.30. The Bertz CT molecular complexity index is 223. The number of aliphatic hydroxyl groups excluding tert-OH is 1. The Morgan fingerprint density at radius 3 is 2.81 bits per heavy atom. The largest absolute Gasteiger partial charge is 0.391 e. The van der Waals surface area contributed by atoms with Gasteiger partial charge in [-0.15, -0.1) is 0 Å². The zero-order valence-corrected chi connectivity index (χ0v) is 9.98. The molecular formula is C11H23N3O2. The molecule has 0 aromatic carbocycles. The Hall–Kier alpha value is -0.650. The number of carbonyl (C=O) groups is 1. The molecular weight excluding hydrogens is 206 g/mol. The van der Waals surface area contributed by atoms with Gasteiger partial charge in [-0.1, -0.05) is 12.8 Å². The minimum atomic E-state index is -0.206. The van der Waals surface area contributed by atoms with Gasteiger partial charge in [-0.2, -0.15) is 0 Å². The fourth-order valence-electron chi connectivity index (χ4n) is 2.33. The van der Waals surface area contributed by atoms with Crippen LogP contribution >= 0.6 is 0 Å². The normalized spacial score (nSPS) is 25.8. The summed E-state index contributed by atoms with van der Waals surface area (Å²) >= 11 is 0. The molecule has 5 nitrogen and oxygen atoms in total. The van der Waals surface area contributed by atoms with Crippen molar-refractivity contribution in [3.63, 3.8) is 0 Å². The number of hydrogen-bond acceptors (Lipinski definition) is 4. The predicted molar refractivity (Wildman–Crippen MR) is 62.5 cm³/mol. The first-order chi connectivity index (χ1) is 7.65. The predicted octanol–water partition coefficient (Wildman–Crippen LogP) is -0.00820. The van der Waals surface area contributed by atoms with E-state index in [4.69, 9.17) is 5.84 Å². The van der Waals surface area contributed by atoms with Crippen LogP contribution in [-0.4, -0.2) is 41.7 Å². The van der Waals surface area contributed by atoms with Crippen molar-refractivity contribution in [1.29, 1.82) is 0 Å². The van der Waals surface area contributed by atoms with Gasteiger partial charge < -0.3 is 10.0 Å². The van der Waals surface area contributed by atoms with Gasteiger partial charge in [0.25, 0.3) is 0 Å². The molecule has 0 spiro atoms. The van der Waals surface area contributed by atoms with Crippen LogP contribution in [0.1, 0.15) is 38.5 Å². The van der Waals surface area contributed by atoms with Gasteiger partial charge in [0, 0.05) is 12.5 Å². The van der Waals surface area contributed by atoms with Crippen LogP contribution in [0.2, 0.25) is 0 Å². The number of carbonyl (C=O) groups excluding carboxylic acids is 1. The molecule has 0 heterocycles. The van der Waals surface area contributed by atoms with Gasteiger partial charge in [-0.05, 0) is 32.9 Å². The summed E-state index contributed by atoms with van der Waals surface area (Å²) in [5.41, 5.74) is 2.12. The summed E-state index contributed by atoms with van der Waals surface area (Å²) < 4.78 is 0. The van der Waals surface area contributed by atoms with E-state index in [1.807, 2.05) is 7.05 Å². The van der Waals surface area contributed by atoms with Gasteiger partial charge in [-0.25, -0.2) is 5.84 Å². The van der Waals surface area contributed by atoms with Crippen LogP contribution in [0.5, 0.6) is 0 Å². The number of nitrogens with two attached hydrogens (primary N) is 1. The number of nitrogens with zero attached hydrogens (tertiary/aromatic N) is 1. The van der Waals surface area contributed by atoms with Crippen LogP contribution in [0.4, 0.5) is 0 Å². The average molecular weight is 229 g/mol. The number of hydrogen-bond donors (Lipinski definition) is 3. The maximum Gasteiger partial charge on any atom is 0.233 e. The van der Waals surface area contributed by atoms with Crippen molar-refractivity contribution in [3.05, 3.63) is 0 Å². The highest BCUT2D eigenvalue weighted by atomic mass is 16.3. The fraction of sp³-hybridized carbons (Fsp3) is 0.909. The van der Waals surface area contributed by atoms with Gasteiger partial charge in [-0.3, -0.25) is 10.2 Å². The van der Waals surface area contributed by atoms with Gasteiger partial charge >= 0.3 is 0 Å². The topological polar surface area (TPSA) is 78.6 Å². The van der Waals surface area contributed by atoms with E-state index in [0.29, 0.717) is 6.42 Å². The standard InChI is InChI=1S/C11H23N3O2/c1-14(8-4-7-11(16)13-12)9-5-2-3-6-10(9)15/h9-10,15H,2-8,12H2,1H3,(H,13,16). The lowest BCUT2D eigenvalue weighted by Crippen LogP contribution is -2.43. The van der Waals surface area contributed by atoms with Gasteiger partial charge in [0.05, 0.1) is 6.10 Å². The van der Waals surface area contributed by atoms with E-state index >= 15 is 0 Å².